The van der Waals surface area contributed by atoms with E-state index in [-0.39, 0.29) is 11.9 Å². The van der Waals surface area contributed by atoms with Crippen LogP contribution in [0.25, 0.3) is 0 Å². The van der Waals surface area contributed by atoms with Crippen LogP contribution in [0.4, 0.5) is 10.1 Å². The first-order valence-corrected chi connectivity index (χ1v) is 6.54. The lowest BCUT2D eigenvalue weighted by atomic mass is 10.0. The normalized spacial score (nSPS) is 12.6. The number of thiophene rings is 1. The minimum Gasteiger partial charge on any atom is -0.398 e. The largest absolute Gasteiger partial charge is 0.398 e. The molecule has 1 unspecified atom stereocenters. The minimum atomic E-state index is -0.331. The molecule has 0 aliphatic heterocycles. The van der Waals surface area contributed by atoms with Gasteiger partial charge in [-0.25, -0.2) is 9.82 Å². The van der Waals surface area contributed by atoms with Crippen LogP contribution >= 0.6 is 27.3 Å². The molecule has 1 aromatic heterocycles. The molecule has 0 saturated carbocycles. The van der Waals surface area contributed by atoms with Crippen LogP contribution in [0.1, 0.15) is 16.5 Å². The molecule has 1 heterocycles. The lowest BCUT2D eigenvalue weighted by molar-refractivity contribution is 0.609. The number of nitrogens with two attached hydrogens (primary N) is 2. The van der Waals surface area contributed by atoms with Crippen LogP contribution in [0, 0.1) is 5.82 Å². The first kappa shape index (κ1) is 12.5. The van der Waals surface area contributed by atoms with Crippen molar-refractivity contribution < 1.29 is 4.39 Å². The Morgan fingerprint density at radius 1 is 1.35 bits per heavy atom. The van der Waals surface area contributed by atoms with Crippen molar-refractivity contribution in [2.24, 2.45) is 5.84 Å². The van der Waals surface area contributed by atoms with Gasteiger partial charge in [-0.1, -0.05) is 0 Å². The minimum absolute atomic E-state index is 0.319. The fourth-order valence-corrected chi connectivity index (χ4v) is 3.29. The van der Waals surface area contributed by atoms with Crippen molar-refractivity contribution in [1.29, 1.82) is 0 Å². The van der Waals surface area contributed by atoms with Gasteiger partial charge in [-0.3, -0.25) is 5.84 Å². The Morgan fingerprint density at radius 3 is 2.71 bits per heavy atom. The second-order valence-corrected chi connectivity index (χ2v) is 5.31. The van der Waals surface area contributed by atoms with E-state index in [0.29, 0.717) is 11.3 Å². The molecule has 3 nitrogen and oxygen atoms in total. The molecule has 6 heteroatoms. The van der Waals surface area contributed by atoms with Crippen molar-refractivity contribution in [3.63, 3.8) is 0 Å². The predicted octanol–water partition coefficient (Wildman–Crippen LogP) is 2.78. The molecule has 0 radical (unpaired) electrons. The maximum Gasteiger partial charge on any atom is 0.123 e. The van der Waals surface area contributed by atoms with E-state index >= 15 is 0 Å². The molecule has 0 amide bonds. The van der Waals surface area contributed by atoms with Gasteiger partial charge in [-0.2, -0.15) is 0 Å². The van der Waals surface area contributed by atoms with Gasteiger partial charge in [0.1, 0.15) is 5.82 Å². The van der Waals surface area contributed by atoms with Gasteiger partial charge >= 0.3 is 0 Å². The molecule has 1 atom stereocenters. The number of hydrazine groups is 1. The zero-order valence-electron chi connectivity index (χ0n) is 8.78. The maximum atomic E-state index is 13.3. The zero-order valence-corrected chi connectivity index (χ0v) is 11.2. The van der Waals surface area contributed by atoms with E-state index in [9.17, 15) is 4.39 Å². The van der Waals surface area contributed by atoms with Gasteiger partial charge < -0.3 is 5.73 Å². The van der Waals surface area contributed by atoms with Crippen LogP contribution in [0.2, 0.25) is 0 Å². The van der Waals surface area contributed by atoms with Gasteiger partial charge in [0.05, 0.1) is 6.04 Å². The van der Waals surface area contributed by atoms with E-state index in [1.165, 1.54) is 29.5 Å². The molecule has 5 N–H and O–H groups in total. The predicted molar refractivity (Wildman–Crippen MR) is 72.0 cm³/mol. The highest BCUT2D eigenvalue weighted by Gasteiger charge is 2.19. The average Bonchev–Trinajstić information content (AvgIpc) is 2.71. The third-order valence-corrected chi connectivity index (χ3v) is 4.37. The van der Waals surface area contributed by atoms with Gasteiger partial charge in [0.15, 0.2) is 0 Å². The molecule has 1 aromatic carbocycles. The summed E-state index contributed by atoms with van der Waals surface area (Å²) in [6, 6.07) is 5.86. The van der Waals surface area contributed by atoms with Gasteiger partial charge in [-0.05, 0) is 45.6 Å². The zero-order chi connectivity index (χ0) is 12.4. The lowest BCUT2D eigenvalue weighted by Gasteiger charge is -2.17. The topological polar surface area (TPSA) is 64.1 Å². The van der Waals surface area contributed by atoms with Crippen molar-refractivity contribution in [2.45, 2.75) is 6.04 Å². The van der Waals surface area contributed by atoms with Gasteiger partial charge in [0.2, 0.25) is 0 Å². The molecule has 2 rings (SSSR count). The fraction of sp³-hybridized carbons (Fsp3) is 0.0909. The van der Waals surface area contributed by atoms with Gasteiger partial charge in [-0.15, -0.1) is 11.3 Å². The third-order valence-electron chi connectivity index (χ3n) is 2.43. The highest BCUT2D eigenvalue weighted by molar-refractivity contribution is 9.10. The summed E-state index contributed by atoms with van der Waals surface area (Å²) >= 11 is 4.95. The molecule has 0 spiro atoms. The standard InChI is InChI=1S/C11H11BrFN3S/c12-8-3-4-17-11(8)10(16-15)7-5-6(13)1-2-9(7)14/h1-5,10,16H,14-15H2. The molecular weight excluding hydrogens is 305 g/mol. The first-order valence-electron chi connectivity index (χ1n) is 4.87. The Bertz CT molecular complexity index is 529. The molecule has 0 saturated heterocycles. The molecule has 0 fully saturated rings. The van der Waals surface area contributed by atoms with Crippen LogP contribution in [0.3, 0.4) is 0 Å². The Labute approximate surface area is 111 Å². The summed E-state index contributed by atoms with van der Waals surface area (Å²) in [6.45, 7) is 0. The maximum absolute atomic E-state index is 13.3. The summed E-state index contributed by atoms with van der Waals surface area (Å²) in [5, 5.41) is 1.93. The van der Waals surface area contributed by atoms with E-state index in [2.05, 4.69) is 21.4 Å². The molecule has 0 bridgehead atoms. The number of hydrogen-bond acceptors (Lipinski definition) is 4. The Kier molecular flexibility index (Phi) is 3.78. The van der Waals surface area contributed by atoms with Crippen LogP contribution < -0.4 is 17.0 Å². The molecule has 17 heavy (non-hydrogen) atoms. The number of rotatable bonds is 3. The smallest absolute Gasteiger partial charge is 0.123 e. The van der Waals surface area contributed by atoms with Crippen LogP contribution in [-0.2, 0) is 0 Å². The van der Waals surface area contributed by atoms with E-state index in [0.717, 1.165) is 9.35 Å². The van der Waals surface area contributed by atoms with Crippen LogP contribution in [0.15, 0.2) is 34.1 Å². The Morgan fingerprint density at radius 2 is 2.12 bits per heavy atom. The van der Waals surface area contributed by atoms with E-state index in [1.54, 1.807) is 0 Å². The highest BCUT2D eigenvalue weighted by atomic mass is 79.9. The van der Waals surface area contributed by atoms with E-state index in [4.69, 9.17) is 11.6 Å². The number of anilines is 1. The second-order valence-electron chi connectivity index (χ2n) is 3.51. The number of benzene rings is 1. The van der Waals surface area contributed by atoms with E-state index in [1.807, 2.05) is 11.4 Å². The monoisotopic (exact) mass is 315 g/mol. The van der Waals surface area contributed by atoms with Crippen molar-refractivity contribution >= 4 is 33.0 Å². The molecule has 90 valence electrons. The van der Waals surface area contributed by atoms with Crippen LogP contribution in [-0.4, -0.2) is 0 Å². The highest BCUT2D eigenvalue weighted by Crippen LogP contribution is 2.35. The second kappa shape index (κ2) is 5.14. The molecular formula is C11H11BrFN3S. The summed E-state index contributed by atoms with van der Waals surface area (Å²) in [7, 11) is 0. The first-order chi connectivity index (χ1) is 8.13. The number of hydrogen-bond donors (Lipinski definition) is 3. The van der Waals surface area contributed by atoms with Crippen molar-refractivity contribution in [3.05, 3.63) is 50.4 Å². The quantitative estimate of drug-likeness (QED) is 0.463. The van der Waals surface area contributed by atoms with Gasteiger partial charge in [0.25, 0.3) is 0 Å². The molecule has 2 aromatic rings. The average molecular weight is 316 g/mol. The van der Waals surface area contributed by atoms with Crippen molar-refractivity contribution in [1.82, 2.24) is 5.43 Å². The summed E-state index contributed by atoms with van der Waals surface area (Å²) in [6.07, 6.45) is 0. The van der Waals surface area contributed by atoms with E-state index < -0.39 is 0 Å². The summed E-state index contributed by atoms with van der Waals surface area (Å²) in [5.74, 6) is 5.21. The number of nitrogen functional groups attached to an aromatic ring is 1. The number of nitrogens with one attached hydrogen (secondary N) is 1. The van der Waals surface area contributed by atoms with Crippen molar-refractivity contribution in [3.8, 4) is 0 Å². The third kappa shape index (κ3) is 2.50. The van der Waals surface area contributed by atoms with Gasteiger partial charge in [0, 0.05) is 20.6 Å². The molecule has 0 aliphatic rings. The SMILES string of the molecule is NNC(c1cc(F)ccc1N)c1sccc1Br. The lowest BCUT2D eigenvalue weighted by Crippen LogP contribution is -2.29. The Balaban J connectivity index is 2.49. The summed E-state index contributed by atoms with van der Waals surface area (Å²) in [4.78, 5) is 0.963. The molecule has 0 aliphatic carbocycles. The fourth-order valence-electron chi connectivity index (χ4n) is 1.61. The summed E-state index contributed by atoms with van der Waals surface area (Å²) in [5.41, 5.74) is 9.66. The van der Waals surface area contributed by atoms with Crippen LogP contribution in [0.5, 0.6) is 0 Å². The van der Waals surface area contributed by atoms with Crippen molar-refractivity contribution in [2.75, 3.05) is 5.73 Å². The summed E-state index contributed by atoms with van der Waals surface area (Å²) < 4.78 is 14.2. The number of halogens is 2. The Hall–Kier alpha value is -0.950.